The van der Waals surface area contributed by atoms with Crippen LogP contribution in [0, 0.1) is 0 Å². The Kier molecular flexibility index (Phi) is 1.66. The highest BCUT2D eigenvalue weighted by Crippen LogP contribution is 2.16. The molecule has 1 rings (SSSR count). The molecule has 0 aliphatic carbocycles. The molecule has 0 fully saturated rings. The van der Waals surface area contributed by atoms with Crippen LogP contribution in [0.25, 0.3) is 0 Å². The molecule has 1 aliphatic rings. The number of Topliss-reactive ketones (excluding diaryl/α,β-unsaturated/α-hetero) is 1. The predicted octanol–water partition coefficient (Wildman–Crippen LogP) is 0.553. The second-order valence-electron chi connectivity index (χ2n) is 1.69. The van der Waals surface area contributed by atoms with Gasteiger partial charge in [-0.1, -0.05) is 15.9 Å². The number of hydrogen-bond donors (Lipinski definition) is 1. The molecule has 3 nitrogen and oxygen atoms in total. The lowest BCUT2D eigenvalue weighted by atomic mass is 10.2. The summed E-state index contributed by atoms with van der Waals surface area (Å²) in [5.74, 6) is 0.380. The van der Waals surface area contributed by atoms with Gasteiger partial charge in [-0.15, -0.1) is 0 Å². The zero-order chi connectivity index (χ0) is 6.85. The van der Waals surface area contributed by atoms with Crippen molar-refractivity contribution in [3.8, 4) is 0 Å². The summed E-state index contributed by atoms with van der Waals surface area (Å²) in [6, 6.07) is 0. The van der Waals surface area contributed by atoms with Gasteiger partial charge in [0.25, 0.3) is 0 Å². The van der Waals surface area contributed by atoms with Gasteiger partial charge >= 0.3 is 0 Å². The molecule has 0 saturated carbocycles. The first kappa shape index (κ1) is 6.48. The summed E-state index contributed by atoms with van der Waals surface area (Å²) >= 11 is 3.11. The summed E-state index contributed by atoms with van der Waals surface area (Å²) in [5, 5.41) is 0. The van der Waals surface area contributed by atoms with Gasteiger partial charge in [-0.05, 0) is 0 Å². The quantitative estimate of drug-likeness (QED) is 0.604. The van der Waals surface area contributed by atoms with Crippen LogP contribution in [0.4, 0.5) is 0 Å². The average Bonchev–Trinajstić information content (AvgIpc) is 1.80. The Morgan fingerprint density at radius 3 is 2.89 bits per heavy atom. The molecule has 0 unspecified atom stereocenters. The lowest BCUT2D eigenvalue weighted by Gasteiger charge is -2.02. The third-order valence-corrected chi connectivity index (χ3v) is 1.64. The lowest BCUT2D eigenvalue weighted by Crippen LogP contribution is -2.09. The molecule has 0 radical (unpaired) electrons. The summed E-state index contributed by atoms with van der Waals surface area (Å²) in [7, 11) is 0. The highest BCUT2D eigenvalue weighted by Gasteiger charge is 2.08. The maximum absolute atomic E-state index is 10.6. The highest BCUT2D eigenvalue weighted by atomic mass is 79.9. The Morgan fingerprint density at radius 1 is 1.78 bits per heavy atom. The molecule has 4 heteroatoms. The number of aliphatic imine (C=N–C) groups is 1. The van der Waals surface area contributed by atoms with Crippen LogP contribution in [0.15, 0.2) is 15.3 Å². The van der Waals surface area contributed by atoms with Crippen LogP contribution in [0.5, 0.6) is 0 Å². The molecule has 0 aromatic carbocycles. The van der Waals surface area contributed by atoms with E-state index in [2.05, 4.69) is 20.9 Å². The first-order chi connectivity index (χ1) is 4.20. The zero-order valence-electron chi connectivity index (χ0n) is 4.60. The fraction of sp³-hybridized carbons (Fsp3) is 0.200. The number of allylic oxidation sites excluding steroid dienone is 1. The van der Waals surface area contributed by atoms with E-state index in [0.717, 1.165) is 0 Å². The minimum absolute atomic E-state index is 0.0175. The van der Waals surface area contributed by atoms with Gasteiger partial charge in [0.1, 0.15) is 5.82 Å². The van der Waals surface area contributed by atoms with Crippen LogP contribution in [0.2, 0.25) is 0 Å². The number of ketones is 1. The van der Waals surface area contributed by atoms with Crippen molar-refractivity contribution in [2.24, 2.45) is 10.7 Å². The molecule has 0 amide bonds. The largest absolute Gasteiger partial charge is 0.383 e. The van der Waals surface area contributed by atoms with E-state index in [9.17, 15) is 4.79 Å². The van der Waals surface area contributed by atoms with Gasteiger partial charge in [0.15, 0.2) is 5.78 Å². The Hall–Kier alpha value is -0.640. The standard InChI is InChI=1S/C5H5BrN2O/c6-4-1-3(9)2-8-5(4)7/h2H,1,7H2. The van der Waals surface area contributed by atoms with E-state index in [-0.39, 0.29) is 5.78 Å². The maximum Gasteiger partial charge on any atom is 0.178 e. The Balaban J connectivity index is 2.87. The summed E-state index contributed by atoms with van der Waals surface area (Å²) in [4.78, 5) is 14.2. The van der Waals surface area contributed by atoms with Gasteiger partial charge in [0.2, 0.25) is 0 Å². The lowest BCUT2D eigenvalue weighted by molar-refractivity contribution is -0.111. The average molecular weight is 189 g/mol. The van der Waals surface area contributed by atoms with E-state index in [1.165, 1.54) is 6.21 Å². The van der Waals surface area contributed by atoms with Gasteiger partial charge < -0.3 is 5.73 Å². The maximum atomic E-state index is 10.6. The Labute approximate surface area is 60.8 Å². The van der Waals surface area contributed by atoms with E-state index in [1.54, 1.807) is 0 Å². The first-order valence-electron chi connectivity index (χ1n) is 2.41. The summed E-state index contributed by atoms with van der Waals surface area (Å²) in [5.41, 5.74) is 5.32. The number of rotatable bonds is 0. The van der Waals surface area contributed by atoms with Crippen molar-refractivity contribution >= 4 is 27.9 Å². The number of nitrogens with two attached hydrogens (primary N) is 1. The topological polar surface area (TPSA) is 55.5 Å². The third-order valence-electron chi connectivity index (χ3n) is 0.955. The van der Waals surface area contributed by atoms with Crippen LogP contribution >= 0.6 is 15.9 Å². The van der Waals surface area contributed by atoms with Crippen LogP contribution in [-0.2, 0) is 4.79 Å². The minimum atomic E-state index is -0.0175. The molecule has 1 aliphatic heterocycles. The van der Waals surface area contributed by atoms with Gasteiger partial charge in [-0.25, -0.2) is 4.99 Å². The Bertz CT molecular complexity index is 207. The van der Waals surface area contributed by atoms with Crippen molar-refractivity contribution in [3.05, 3.63) is 10.3 Å². The van der Waals surface area contributed by atoms with Gasteiger partial charge in [0.05, 0.1) is 6.21 Å². The molecular formula is C5H5BrN2O. The molecule has 2 N–H and O–H groups in total. The van der Waals surface area contributed by atoms with E-state index < -0.39 is 0 Å². The number of hydrogen-bond acceptors (Lipinski definition) is 3. The normalized spacial score (nSPS) is 19.0. The van der Waals surface area contributed by atoms with Crippen LogP contribution in [0.1, 0.15) is 6.42 Å². The highest BCUT2D eigenvalue weighted by molar-refractivity contribution is 9.11. The van der Waals surface area contributed by atoms with Crippen LogP contribution < -0.4 is 5.73 Å². The van der Waals surface area contributed by atoms with Crippen molar-refractivity contribution in [1.82, 2.24) is 0 Å². The second-order valence-corrected chi connectivity index (χ2v) is 2.65. The summed E-state index contributed by atoms with van der Waals surface area (Å²) in [6.07, 6.45) is 1.58. The first-order valence-corrected chi connectivity index (χ1v) is 3.20. The van der Waals surface area contributed by atoms with Crippen LogP contribution in [-0.4, -0.2) is 12.0 Å². The van der Waals surface area contributed by atoms with Gasteiger partial charge in [-0.2, -0.15) is 0 Å². The van der Waals surface area contributed by atoms with E-state index >= 15 is 0 Å². The molecule has 1 heterocycles. The summed E-state index contributed by atoms with van der Waals surface area (Å²) in [6.45, 7) is 0. The van der Waals surface area contributed by atoms with Crippen molar-refractivity contribution in [2.75, 3.05) is 0 Å². The van der Waals surface area contributed by atoms with E-state index in [0.29, 0.717) is 16.7 Å². The second kappa shape index (κ2) is 2.31. The van der Waals surface area contributed by atoms with Gasteiger partial charge in [-0.3, -0.25) is 4.79 Å². The predicted molar refractivity (Wildman–Crippen MR) is 38.3 cm³/mol. The Morgan fingerprint density at radius 2 is 2.44 bits per heavy atom. The third kappa shape index (κ3) is 1.38. The van der Waals surface area contributed by atoms with Crippen molar-refractivity contribution < 1.29 is 4.79 Å². The molecular weight excluding hydrogens is 184 g/mol. The van der Waals surface area contributed by atoms with Crippen LogP contribution in [0.3, 0.4) is 0 Å². The van der Waals surface area contributed by atoms with Crippen molar-refractivity contribution in [3.63, 3.8) is 0 Å². The van der Waals surface area contributed by atoms with E-state index in [1.807, 2.05) is 0 Å². The molecule has 0 atom stereocenters. The zero-order valence-corrected chi connectivity index (χ0v) is 6.18. The van der Waals surface area contributed by atoms with Crippen molar-refractivity contribution in [2.45, 2.75) is 6.42 Å². The number of halogens is 1. The summed E-state index contributed by atoms with van der Waals surface area (Å²) < 4.78 is 0.676. The number of carbonyl (C=O) groups is 1. The molecule has 0 spiro atoms. The molecule has 48 valence electrons. The van der Waals surface area contributed by atoms with Gasteiger partial charge in [0, 0.05) is 10.9 Å². The monoisotopic (exact) mass is 188 g/mol. The fourth-order valence-corrected chi connectivity index (χ4v) is 0.879. The van der Waals surface area contributed by atoms with E-state index in [4.69, 9.17) is 5.73 Å². The number of carbonyl (C=O) groups excluding carboxylic acids is 1. The van der Waals surface area contributed by atoms with Crippen molar-refractivity contribution in [1.29, 1.82) is 0 Å². The smallest absolute Gasteiger partial charge is 0.178 e. The SMILES string of the molecule is NC1=C(Br)CC(=O)C=N1. The molecule has 9 heavy (non-hydrogen) atoms. The fourth-order valence-electron chi connectivity index (χ4n) is 0.501. The molecule has 0 bridgehead atoms. The molecule has 0 saturated heterocycles. The minimum Gasteiger partial charge on any atom is -0.383 e. The number of nitrogens with zero attached hydrogens (tertiary/aromatic N) is 1. The molecule has 0 aromatic rings. The molecule has 0 aromatic heterocycles.